The molecule has 0 unspecified atom stereocenters. The van der Waals surface area contributed by atoms with Crippen LogP contribution in [0.5, 0.6) is 0 Å². The van der Waals surface area contributed by atoms with Gasteiger partial charge in [-0.2, -0.15) is 0 Å². The summed E-state index contributed by atoms with van der Waals surface area (Å²) < 4.78 is 13.3. The van der Waals surface area contributed by atoms with Gasteiger partial charge in [-0.25, -0.2) is 9.37 Å². The van der Waals surface area contributed by atoms with Gasteiger partial charge >= 0.3 is 0 Å². The molecule has 5 nitrogen and oxygen atoms in total. The Morgan fingerprint density at radius 2 is 2.04 bits per heavy atom. The normalized spacial score (nSPS) is 15.9. The minimum Gasteiger partial charge on any atom is -0.351 e. The summed E-state index contributed by atoms with van der Waals surface area (Å²) in [4.78, 5) is 22.4. The molecule has 136 valence electrons. The number of thiazole rings is 1. The molecule has 1 fully saturated rings. The number of benzene rings is 1. The fourth-order valence-electron chi connectivity index (χ4n) is 3.35. The summed E-state index contributed by atoms with van der Waals surface area (Å²) in [6, 6.07) is 6.06. The molecule has 3 aromatic rings. The average molecular weight is 372 g/mol. The first-order valence-electron chi connectivity index (χ1n) is 8.94. The van der Waals surface area contributed by atoms with E-state index in [-0.39, 0.29) is 11.7 Å². The van der Waals surface area contributed by atoms with Crippen molar-refractivity contribution in [3.8, 4) is 0 Å². The zero-order chi connectivity index (χ0) is 17.9. The van der Waals surface area contributed by atoms with Gasteiger partial charge in [0.1, 0.15) is 11.5 Å². The summed E-state index contributed by atoms with van der Waals surface area (Å²) in [6.07, 6.45) is 5.11. The molecule has 2 N–H and O–H groups in total. The highest BCUT2D eigenvalue weighted by atomic mass is 32.1. The first-order valence-corrected chi connectivity index (χ1v) is 9.82. The molecule has 3 heterocycles. The predicted octanol–water partition coefficient (Wildman–Crippen LogP) is 4.39. The Kier molecular flexibility index (Phi) is 4.99. The van der Waals surface area contributed by atoms with Crippen molar-refractivity contribution in [1.29, 1.82) is 0 Å². The van der Waals surface area contributed by atoms with Crippen LogP contribution in [0.1, 0.15) is 41.9 Å². The molecule has 0 atom stereocenters. The number of aromatic nitrogens is 2. The first kappa shape index (κ1) is 17.2. The minimum atomic E-state index is -0.318. The Labute approximate surface area is 155 Å². The highest BCUT2D eigenvalue weighted by Crippen LogP contribution is 2.21. The largest absolute Gasteiger partial charge is 0.351 e. The van der Waals surface area contributed by atoms with Crippen LogP contribution in [-0.2, 0) is 6.54 Å². The number of rotatable bonds is 4. The Bertz CT molecular complexity index is 911. The number of hydrogen-bond acceptors (Lipinski definition) is 4. The highest BCUT2D eigenvalue weighted by molar-refractivity contribution is 7.13. The number of amides is 1. The third-order valence-electron chi connectivity index (χ3n) is 4.68. The molecule has 2 aromatic heterocycles. The summed E-state index contributed by atoms with van der Waals surface area (Å²) >= 11 is 1.43. The van der Waals surface area contributed by atoms with Crippen LogP contribution in [-0.4, -0.2) is 33.9 Å². The molecule has 1 amide bonds. The van der Waals surface area contributed by atoms with E-state index in [2.05, 4.69) is 20.2 Å². The molecule has 0 aliphatic carbocycles. The monoisotopic (exact) mass is 372 g/mol. The lowest BCUT2D eigenvalue weighted by atomic mass is 10.2. The van der Waals surface area contributed by atoms with Crippen molar-refractivity contribution in [2.24, 2.45) is 0 Å². The smallest absolute Gasteiger partial charge is 0.273 e. The number of nitrogens with zero attached hydrogens (tertiary/aromatic N) is 2. The quantitative estimate of drug-likeness (QED) is 0.714. The number of hydrogen-bond donors (Lipinski definition) is 2. The zero-order valence-electron chi connectivity index (χ0n) is 14.4. The van der Waals surface area contributed by atoms with Crippen molar-refractivity contribution in [1.82, 2.24) is 14.9 Å². The van der Waals surface area contributed by atoms with Gasteiger partial charge in [-0.15, -0.1) is 11.3 Å². The van der Waals surface area contributed by atoms with E-state index < -0.39 is 0 Å². The molecular weight excluding hydrogens is 351 g/mol. The van der Waals surface area contributed by atoms with E-state index in [4.69, 9.17) is 0 Å². The number of carbonyl (C=O) groups excluding carboxylic acids is 1. The maximum Gasteiger partial charge on any atom is 0.273 e. The van der Waals surface area contributed by atoms with E-state index in [0.717, 1.165) is 30.8 Å². The SMILES string of the molecule is O=C(Nc1nc(CN2CCCCCC2)cs1)c1cc2cc(F)ccc2[nH]1. The lowest BCUT2D eigenvalue weighted by Gasteiger charge is -2.17. The van der Waals surface area contributed by atoms with Crippen LogP contribution < -0.4 is 5.32 Å². The van der Waals surface area contributed by atoms with E-state index in [9.17, 15) is 9.18 Å². The second-order valence-electron chi connectivity index (χ2n) is 6.70. The molecule has 1 aromatic carbocycles. The Hall–Kier alpha value is -2.25. The van der Waals surface area contributed by atoms with Crippen LogP contribution in [0.4, 0.5) is 9.52 Å². The minimum absolute atomic E-state index is 0.266. The van der Waals surface area contributed by atoms with Crippen molar-refractivity contribution in [3.63, 3.8) is 0 Å². The topological polar surface area (TPSA) is 61.0 Å². The summed E-state index contributed by atoms with van der Waals surface area (Å²) in [5, 5.41) is 6.09. The van der Waals surface area contributed by atoms with Gasteiger partial charge in [0.25, 0.3) is 5.91 Å². The molecule has 0 radical (unpaired) electrons. The van der Waals surface area contributed by atoms with Gasteiger partial charge in [-0.05, 0) is 50.2 Å². The van der Waals surface area contributed by atoms with Crippen LogP contribution in [0.25, 0.3) is 10.9 Å². The van der Waals surface area contributed by atoms with Crippen LogP contribution in [0.3, 0.4) is 0 Å². The lowest BCUT2D eigenvalue weighted by molar-refractivity contribution is 0.102. The van der Waals surface area contributed by atoms with Gasteiger partial charge in [0.15, 0.2) is 5.13 Å². The molecule has 0 bridgehead atoms. The second-order valence-corrected chi connectivity index (χ2v) is 7.56. The first-order chi connectivity index (χ1) is 12.7. The van der Waals surface area contributed by atoms with Crippen molar-refractivity contribution in [3.05, 3.63) is 46.9 Å². The van der Waals surface area contributed by atoms with E-state index in [1.807, 2.05) is 5.38 Å². The van der Waals surface area contributed by atoms with Crippen LogP contribution in [0, 0.1) is 5.82 Å². The molecule has 1 aliphatic heterocycles. The van der Waals surface area contributed by atoms with Crippen LogP contribution in [0.15, 0.2) is 29.6 Å². The number of aromatic amines is 1. The molecule has 7 heteroatoms. The van der Waals surface area contributed by atoms with E-state index in [1.165, 1.54) is 49.2 Å². The number of likely N-dealkylation sites (tertiary alicyclic amines) is 1. The van der Waals surface area contributed by atoms with Crippen molar-refractivity contribution < 1.29 is 9.18 Å². The Balaban J connectivity index is 1.41. The molecule has 0 saturated carbocycles. The van der Waals surface area contributed by atoms with Crippen LogP contribution >= 0.6 is 11.3 Å². The van der Waals surface area contributed by atoms with Gasteiger partial charge in [-0.3, -0.25) is 15.0 Å². The molecule has 1 aliphatic rings. The second kappa shape index (κ2) is 7.55. The van der Waals surface area contributed by atoms with Crippen molar-refractivity contribution in [2.75, 3.05) is 18.4 Å². The maximum absolute atomic E-state index is 13.3. The van der Waals surface area contributed by atoms with Crippen molar-refractivity contribution in [2.45, 2.75) is 32.2 Å². The molecule has 4 rings (SSSR count). The average Bonchev–Trinajstić information content (AvgIpc) is 3.15. The van der Waals surface area contributed by atoms with E-state index in [1.54, 1.807) is 12.1 Å². The third-order valence-corrected chi connectivity index (χ3v) is 5.49. The number of anilines is 1. The highest BCUT2D eigenvalue weighted by Gasteiger charge is 2.14. The van der Waals surface area contributed by atoms with Crippen molar-refractivity contribution >= 4 is 33.3 Å². The summed E-state index contributed by atoms with van der Waals surface area (Å²) in [6.45, 7) is 3.06. The van der Waals surface area contributed by atoms with Gasteiger partial charge in [-0.1, -0.05) is 12.8 Å². The van der Waals surface area contributed by atoms with Gasteiger partial charge in [0.2, 0.25) is 0 Å². The maximum atomic E-state index is 13.3. The van der Waals surface area contributed by atoms with Crippen LogP contribution in [0.2, 0.25) is 0 Å². The van der Waals surface area contributed by atoms with E-state index in [0.29, 0.717) is 16.2 Å². The Morgan fingerprint density at radius 3 is 2.85 bits per heavy atom. The summed E-state index contributed by atoms with van der Waals surface area (Å²) in [5.41, 5.74) is 2.12. The number of H-pyrrole nitrogens is 1. The van der Waals surface area contributed by atoms with E-state index >= 15 is 0 Å². The van der Waals surface area contributed by atoms with Gasteiger partial charge in [0.05, 0.1) is 5.69 Å². The molecule has 1 saturated heterocycles. The third kappa shape index (κ3) is 3.94. The summed E-state index contributed by atoms with van der Waals surface area (Å²) in [5.74, 6) is -0.584. The standard InChI is InChI=1S/C19H21FN4OS/c20-14-5-6-16-13(9-14)10-17(22-16)18(25)23-19-21-15(12-26-19)11-24-7-3-1-2-4-8-24/h5-6,9-10,12,22H,1-4,7-8,11H2,(H,21,23,25). The fraction of sp³-hybridized carbons (Fsp3) is 0.368. The number of halogens is 1. The lowest BCUT2D eigenvalue weighted by Crippen LogP contribution is -2.24. The van der Waals surface area contributed by atoms with Gasteiger partial charge < -0.3 is 4.98 Å². The fourth-order valence-corrected chi connectivity index (χ4v) is 4.05. The zero-order valence-corrected chi connectivity index (χ0v) is 15.2. The molecule has 26 heavy (non-hydrogen) atoms. The summed E-state index contributed by atoms with van der Waals surface area (Å²) in [7, 11) is 0. The number of nitrogens with one attached hydrogen (secondary N) is 2. The van der Waals surface area contributed by atoms with Gasteiger partial charge in [0, 0.05) is 22.8 Å². The number of fused-ring (bicyclic) bond motifs is 1. The number of carbonyl (C=O) groups is 1. The molecule has 0 spiro atoms. The predicted molar refractivity (Wildman–Crippen MR) is 102 cm³/mol. The molecular formula is C19H21FN4OS. The Morgan fingerprint density at radius 1 is 1.23 bits per heavy atom.